The fourth-order valence-electron chi connectivity index (χ4n) is 5.49. The van der Waals surface area contributed by atoms with Gasteiger partial charge in [-0.2, -0.15) is 0 Å². The number of aryl methyl sites for hydroxylation is 4. The van der Waals surface area contributed by atoms with Crippen LogP contribution in [0.5, 0.6) is 0 Å². The van der Waals surface area contributed by atoms with Gasteiger partial charge in [0, 0.05) is 12.1 Å². The van der Waals surface area contributed by atoms with Crippen LogP contribution < -0.4 is 22.3 Å². The molecule has 0 fully saturated rings. The molecule has 1 amide bonds. The molecule has 0 heterocycles. The Balaban J connectivity index is 0.00000800. The average Bonchev–Trinajstić information content (AvgIpc) is 2.88. The summed E-state index contributed by atoms with van der Waals surface area (Å²) < 4.78 is 0.823. The number of para-hydroxylation sites is 1. The average molecular weight is 653 g/mol. The highest BCUT2D eigenvalue weighted by atomic mass is 79.9. The molecular weight excluding hydrogens is 598 g/mol. The number of ketones is 1. The van der Waals surface area contributed by atoms with Gasteiger partial charge in [-0.05, 0) is 101 Å². The van der Waals surface area contributed by atoms with E-state index >= 15 is 0 Å². The molecule has 0 spiro atoms. The number of likely N-dealkylation sites (N-methyl/N-ethyl adjacent to an activating group) is 1. The number of carbonyl (C=O) groups excluding carboxylic acids is 2. The molecule has 2 aromatic carbocycles. The van der Waals surface area contributed by atoms with E-state index < -0.39 is 0 Å². The minimum absolute atomic E-state index is 0. The van der Waals surface area contributed by atoms with Crippen molar-refractivity contribution in [3.8, 4) is 0 Å². The molecule has 1 N–H and O–H groups in total. The Morgan fingerprint density at radius 2 is 1.34 bits per heavy atom. The van der Waals surface area contributed by atoms with Crippen LogP contribution in [0.3, 0.4) is 0 Å². The van der Waals surface area contributed by atoms with E-state index in [4.69, 9.17) is 0 Å². The molecule has 7 heteroatoms. The minimum Gasteiger partial charge on any atom is -1.00 e. The third kappa shape index (κ3) is 13.9. The number of rotatable bonds is 18. The van der Waals surface area contributed by atoms with Gasteiger partial charge in [0.25, 0.3) is 0 Å². The van der Waals surface area contributed by atoms with Gasteiger partial charge < -0.3 is 26.8 Å². The third-order valence-electron chi connectivity index (χ3n) is 8.16. The number of benzene rings is 2. The topological polar surface area (TPSA) is 49.4 Å². The summed E-state index contributed by atoms with van der Waals surface area (Å²) in [5.41, 5.74) is 6.79. The van der Waals surface area contributed by atoms with Crippen molar-refractivity contribution in [2.24, 2.45) is 0 Å². The maximum absolute atomic E-state index is 12.9. The first kappa shape index (κ1) is 39.3. The summed E-state index contributed by atoms with van der Waals surface area (Å²) in [7, 11) is 2.23. The molecule has 0 aliphatic carbocycles. The zero-order valence-electron chi connectivity index (χ0n) is 26.7. The van der Waals surface area contributed by atoms with Crippen molar-refractivity contribution in [1.82, 2.24) is 4.90 Å². The summed E-state index contributed by atoms with van der Waals surface area (Å²) in [6.07, 6.45) is 7.44. The van der Waals surface area contributed by atoms with Gasteiger partial charge >= 0.3 is 0 Å². The van der Waals surface area contributed by atoms with Crippen molar-refractivity contribution in [3.63, 3.8) is 0 Å². The summed E-state index contributed by atoms with van der Waals surface area (Å²) in [6, 6.07) is 12.4. The van der Waals surface area contributed by atoms with E-state index in [0.29, 0.717) is 25.3 Å². The van der Waals surface area contributed by atoms with Crippen molar-refractivity contribution in [2.75, 3.05) is 51.6 Å². The quantitative estimate of drug-likeness (QED) is 0.194. The standard InChI is InChI=1S/C34H53N3O2.BrH.ClH/c1-8-21-36(25-33(39)35-34-29(5)19-16-20-30(34)6)22-13-11-10-12-14-23-37(7,9-2)26-31(38)24-32-27(3)17-15-18-28(32)4;;/h15-20H,8-14,21-26H2,1-7H3;2*1H. The maximum Gasteiger partial charge on any atom is 0.238 e. The van der Waals surface area contributed by atoms with Crippen molar-refractivity contribution in [1.29, 1.82) is 0 Å². The van der Waals surface area contributed by atoms with Crippen LogP contribution in [0.2, 0.25) is 0 Å². The zero-order valence-corrected chi connectivity index (χ0v) is 29.1. The number of nitrogens with zero attached hydrogens (tertiary/aromatic N) is 2. The Bertz CT molecular complexity index is 1040. The Kier molecular flexibility index (Phi) is 19.4. The molecule has 1 atom stereocenters. The molecule has 2 aromatic rings. The first-order chi connectivity index (χ1) is 18.6. The van der Waals surface area contributed by atoms with Gasteiger partial charge in [-0.25, -0.2) is 0 Å². The van der Waals surface area contributed by atoms with Gasteiger partial charge in [-0.3, -0.25) is 14.5 Å². The third-order valence-corrected chi connectivity index (χ3v) is 8.16. The molecule has 41 heavy (non-hydrogen) atoms. The highest BCUT2D eigenvalue weighted by Gasteiger charge is 2.23. The Hall–Kier alpha value is -1.73. The normalized spacial score (nSPS) is 12.3. The second-order valence-electron chi connectivity index (χ2n) is 11.8. The van der Waals surface area contributed by atoms with Crippen molar-refractivity contribution in [2.45, 2.75) is 86.5 Å². The number of unbranched alkanes of at least 4 members (excludes halogenated alkanes) is 4. The van der Waals surface area contributed by atoms with Gasteiger partial charge in [0.2, 0.25) is 5.91 Å². The number of Topliss-reactive ketones (excluding diaryl/α,β-unsaturated/α-hetero) is 1. The summed E-state index contributed by atoms with van der Waals surface area (Å²) in [5.74, 6) is 0.416. The van der Waals surface area contributed by atoms with E-state index in [1.807, 2.05) is 32.0 Å². The second kappa shape index (κ2) is 20.2. The highest BCUT2D eigenvalue weighted by molar-refractivity contribution is 5.93. The van der Waals surface area contributed by atoms with Gasteiger partial charge in [-0.15, -0.1) is 12.4 Å². The summed E-state index contributed by atoms with van der Waals surface area (Å²) in [6.45, 7) is 17.7. The Morgan fingerprint density at radius 3 is 1.90 bits per heavy atom. The van der Waals surface area contributed by atoms with E-state index in [0.717, 1.165) is 66.7 Å². The number of amides is 1. The molecule has 0 radical (unpaired) electrons. The van der Waals surface area contributed by atoms with Crippen LogP contribution in [0.4, 0.5) is 5.69 Å². The largest absolute Gasteiger partial charge is 1.00 e. The fraction of sp³-hybridized carbons (Fsp3) is 0.588. The fourth-order valence-corrected chi connectivity index (χ4v) is 5.49. The number of nitrogens with one attached hydrogen (secondary N) is 1. The summed E-state index contributed by atoms with van der Waals surface area (Å²) in [5, 5.41) is 3.13. The lowest BCUT2D eigenvalue weighted by Crippen LogP contribution is -3.00. The Morgan fingerprint density at radius 1 is 0.805 bits per heavy atom. The van der Waals surface area contributed by atoms with Gasteiger partial charge in [-0.1, -0.05) is 56.2 Å². The van der Waals surface area contributed by atoms with Gasteiger partial charge in [0.1, 0.15) is 6.54 Å². The van der Waals surface area contributed by atoms with Crippen LogP contribution in [0, 0.1) is 27.7 Å². The van der Waals surface area contributed by atoms with Crippen LogP contribution >= 0.6 is 12.4 Å². The van der Waals surface area contributed by atoms with Crippen LogP contribution in [0.15, 0.2) is 36.4 Å². The first-order valence-electron chi connectivity index (χ1n) is 15.1. The molecule has 1 unspecified atom stereocenters. The molecule has 232 valence electrons. The summed E-state index contributed by atoms with van der Waals surface area (Å²) in [4.78, 5) is 28.0. The highest BCUT2D eigenvalue weighted by Crippen LogP contribution is 2.20. The molecule has 0 bridgehead atoms. The monoisotopic (exact) mass is 651 g/mol. The van der Waals surface area contributed by atoms with E-state index in [9.17, 15) is 9.59 Å². The van der Waals surface area contributed by atoms with Crippen LogP contribution in [-0.2, 0) is 16.0 Å². The van der Waals surface area contributed by atoms with Gasteiger partial charge in [0.05, 0.1) is 26.7 Å². The molecule has 0 saturated heterocycles. The maximum atomic E-state index is 12.9. The lowest BCUT2D eigenvalue weighted by atomic mass is 9.98. The molecule has 5 nitrogen and oxygen atoms in total. The van der Waals surface area contributed by atoms with Gasteiger partial charge in [0.15, 0.2) is 5.78 Å². The SMILES string of the molecule is CCCN(CCCCCCC[N+](C)(CC)CC(=O)Cc1c(C)cccc1C)CC(=O)Nc1c(C)cccc1C.Cl.[Br-]. The van der Waals surface area contributed by atoms with E-state index in [-0.39, 0.29) is 35.3 Å². The number of carbonyl (C=O) groups is 2. The summed E-state index contributed by atoms with van der Waals surface area (Å²) >= 11 is 0. The number of anilines is 1. The molecule has 0 aromatic heterocycles. The minimum atomic E-state index is 0. The van der Waals surface area contributed by atoms with Crippen LogP contribution in [-0.4, -0.2) is 67.4 Å². The van der Waals surface area contributed by atoms with E-state index in [1.165, 1.54) is 36.0 Å². The first-order valence-corrected chi connectivity index (χ1v) is 15.1. The second-order valence-corrected chi connectivity index (χ2v) is 11.8. The number of halogens is 2. The number of quaternary nitrogens is 1. The lowest BCUT2D eigenvalue weighted by molar-refractivity contribution is -0.900. The Labute approximate surface area is 267 Å². The van der Waals surface area contributed by atoms with Crippen molar-refractivity contribution in [3.05, 3.63) is 64.2 Å². The number of hydrogen-bond acceptors (Lipinski definition) is 3. The predicted octanol–water partition coefficient (Wildman–Crippen LogP) is 4.23. The van der Waals surface area contributed by atoms with Crippen LogP contribution in [0.25, 0.3) is 0 Å². The predicted molar refractivity (Wildman–Crippen MR) is 173 cm³/mol. The molecule has 0 saturated carbocycles. The number of hydrogen-bond donors (Lipinski definition) is 1. The van der Waals surface area contributed by atoms with Crippen molar-refractivity contribution >= 4 is 29.8 Å². The molecule has 0 aliphatic heterocycles. The van der Waals surface area contributed by atoms with Crippen molar-refractivity contribution < 1.29 is 31.1 Å². The molecule has 0 aliphatic rings. The molecule has 2 rings (SSSR count). The smallest absolute Gasteiger partial charge is 0.238 e. The van der Waals surface area contributed by atoms with E-state index in [1.54, 1.807) is 0 Å². The zero-order chi connectivity index (χ0) is 28.8. The molecular formula is C34H55BrClN3O2. The van der Waals surface area contributed by atoms with Crippen LogP contribution in [0.1, 0.15) is 80.2 Å². The lowest BCUT2D eigenvalue weighted by Gasteiger charge is -2.33. The van der Waals surface area contributed by atoms with E-state index in [2.05, 4.69) is 63.2 Å².